The van der Waals surface area contributed by atoms with Gasteiger partial charge in [0.2, 0.25) is 6.29 Å². The molecule has 1 heterocycles. The summed E-state index contributed by atoms with van der Waals surface area (Å²) in [6.07, 6.45) is 0.582. The Hall–Kier alpha value is -1.10. The van der Waals surface area contributed by atoms with Crippen LogP contribution in [-0.2, 0) is 16.0 Å². The van der Waals surface area contributed by atoms with Crippen molar-refractivity contribution in [2.24, 2.45) is 0 Å². The highest BCUT2D eigenvalue weighted by atomic mass is 35.5. The lowest BCUT2D eigenvalue weighted by Crippen LogP contribution is -2.15. The second-order valence-electron chi connectivity index (χ2n) is 4.50. The van der Waals surface area contributed by atoms with E-state index >= 15 is 0 Å². The lowest BCUT2D eigenvalue weighted by molar-refractivity contribution is -0.146. The molecule has 0 N–H and O–H groups in total. The molecule has 2 rings (SSSR count). The zero-order valence-electron chi connectivity index (χ0n) is 12.2. The monoisotopic (exact) mass is 296 g/mol. The Balaban J connectivity index is 2.51. The Morgan fingerprint density at radius 1 is 1.20 bits per heavy atom. The van der Waals surface area contributed by atoms with Gasteiger partial charge in [-0.05, 0) is 38.5 Å². The maximum atomic E-state index is 6.10. The van der Waals surface area contributed by atoms with Crippen molar-refractivity contribution in [3.8, 4) is 0 Å². The minimum absolute atomic E-state index is 0.428. The molecule has 0 spiro atoms. The fourth-order valence-corrected chi connectivity index (χ4v) is 2.42. The molecular formula is C15H21ClN2O2. The summed E-state index contributed by atoms with van der Waals surface area (Å²) in [5.74, 6) is 0.813. The zero-order chi connectivity index (χ0) is 14.5. The van der Waals surface area contributed by atoms with Crippen LogP contribution in [0.2, 0.25) is 5.02 Å². The molecule has 0 radical (unpaired) electrons. The van der Waals surface area contributed by atoms with Gasteiger partial charge in [0.15, 0.2) is 5.82 Å². The van der Waals surface area contributed by atoms with E-state index in [9.17, 15) is 0 Å². The van der Waals surface area contributed by atoms with Crippen molar-refractivity contribution in [2.45, 2.75) is 40.0 Å². The predicted molar refractivity (Wildman–Crippen MR) is 81.0 cm³/mol. The first-order valence-corrected chi connectivity index (χ1v) is 7.47. The highest BCUT2D eigenvalue weighted by molar-refractivity contribution is 6.31. The van der Waals surface area contributed by atoms with E-state index in [2.05, 4.69) is 16.5 Å². The molecule has 1 aromatic carbocycles. The number of ether oxygens (including phenoxy) is 2. The Morgan fingerprint density at radius 3 is 2.50 bits per heavy atom. The average molecular weight is 297 g/mol. The summed E-state index contributed by atoms with van der Waals surface area (Å²) in [4.78, 5) is 4.66. The van der Waals surface area contributed by atoms with E-state index in [4.69, 9.17) is 21.1 Å². The van der Waals surface area contributed by atoms with Crippen molar-refractivity contribution in [1.82, 2.24) is 9.55 Å². The molecule has 2 aromatic rings. The second-order valence-corrected chi connectivity index (χ2v) is 4.93. The Bertz CT molecular complexity index is 562. The molecular weight excluding hydrogens is 276 g/mol. The SMILES string of the molecule is CCCn1c(C(OCC)OCC)nc2ccc(Cl)cc21. The van der Waals surface area contributed by atoms with Gasteiger partial charge in [0.1, 0.15) is 0 Å². The molecule has 0 unspecified atom stereocenters. The molecule has 0 aliphatic carbocycles. The van der Waals surface area contributed by atoms with Crippen LogP contribution >= 0.6 is 11.6 Å². The molecule has 110 valence electrons. The highest BCUT2D eigenvalue weighted by Crippen LogP contribution is 2.26. The molecule has 0 aliphatic rings. The molecule has 0 saturated heterocycles. The van der Waals surface area contributed by atoms with Gasteiger partial charge in [-0.25, -0.2) is 4.98 Å². The van der Waals surface area contributed by atoms with Gasteiger partial charge in [-0.2, -0.15) is 0 Å². The number of imidazole rings is 1. The van der Waals surface area contributed by atoms with E-state index in [1.54, 1.807) is 0 Å². The van der Waals surface area contributed by atoms with Crippen LogP contribution in [0, 0.1) is 0 Å². The van der Waals surface area contributed by atoms with Crippen LogP contribution in [0.3, 0.4) is 0 Å². The molecule has 20 heavy (non-hydrogen) atoms. The number of hydrogen-bond donors (Lipinski definition) is 0. The molecule has 5 heteroatoms. The van der Waals surface area contributed by atoms with Crippen molar-refractivity contribution >= 4 is 22.6 Å². The first-order valence-electron chi connectivity index (χ1n) is 7.10. The number of nitrogens with zero attached hydrogens (tertiary/aromatic N) is 2. The number of aryl methyl sites for hydroxylation is 1. The molecule has 0 fully saturated rings. The number of halogens is 1. The maximum Gasteiger partial charge on any atom is 0.217 e. The molecule has 0 bridgehead atoms. The van der Waals surface area contributed by atoms with Gasteiger partial charge in [-0.15, -0.1) is 0 Å². The lowest BCUT2D eigenvalue weighted by Gasteiger charge is -2.18. The van der Waals surface area contributed by atoms with Gasteiger partial charge >= 0.3 is 0 Å². The molecule has 0 aliphatic heterocycles. The summed E-state index contributed by atoms with van der Waals surface area (Å²) < 4.78 is 13.5. The molecule has 0 amide bonds. The van der Waals surface area contributed by atoms with Crippen LogP contribution in [0.25, 0.3) is 11.0 Å². The first kappa shape index (κ1) is 15.3. The number of fused-ring (bicyclic) bond motifs is 1. The van der Waals surface area contributed by atoms with E-state index in [0.29, 0.717) is 18.2 Å². The Kier molecular flexibility index (Phi) is 5.40. The normalized spacial score (nSPS) is 11.7. The number of hydrogen-bond acceptors (Lipinski definition) is 3. The van der Waals surface area contributed by atoms with Gasteiger partial charge in [0.05, 0.1) is 11.0 Å². The third kappa shape index (κ3) is 3.14. The van der Waals surface area contributed by atoms with Crippen molar-refractivity contribution < 1.29 is 9.47 Å². The van der Waals surface area contributed by atoms with Crippen molar-refractivity contribution in [1.29, 1.82) is 0 Å². The summed E-state index contributed by atoms with van der Waals surface area (Å²) in [6.45, 7) is 8.08. The second kappa shape index (κ2) is 7.07. The zero-order valence-corrected chi connectivity index (χ0v) is 13.0. The minimum Gasteiger partial charge on any atom is -0.346 e. The predicted octanol–water partition coefficient (Wildman–Crippen LogP) is 4.17. The third-order valence-corrected chi connectivity index (χ3v) is 3.27. The number of aromatic nitrogens is 2. The van der Waals surface area contributed by atoms with Gasteiger partial charge in [-0.1, -0.05) is 18.5 Å². The van der Waals surface area contributed by atoms with E-state index in [1.807, 2.05) is 32.0 Å². The number of benzene rings is 1. The van der Waals surface area contributed by atoms with Crippen LogP contribution in [-0.4, -0.2) is 22.8 Å². The summed E-state index contributed by atoms with van der Waals surface area (Å²) in [5.41, 5.74) is 1.95. The van der Waals surface area contributed by atoms with Crippen LogP contribution in [0.15, 0.2) is 18.2 Å². The summed E-state index contributed by atoms with van der Waals surface area (Å²) in [6, 6.07) is 5.73. The van der Waals surface area contributed by atoms with Gasteiger partial charge in [0.25, 0.3) is 0 Å². The minimum atomic E-state index is -0.428. The van der Waals surface area contributed by atoms with Crippen LogP contribution < -0.4 is 0 Å². The third-order valence-electron chi connectivity index (χ3n) is 3.03. The lowest BCUT2D eigenvalue weighted by atomic mass is 10.3. The fraction of sp³-hybridized carbons (Fsp3) is 0.533. The molecule has 4 nitrogen and oxygen atoms in total. The van der Waals surface area contributed by atoms with Crippen molar-refractivity contribution in [3.05, 3.63) is 29.0 Å². The molecule has 0 atom stereocenters. The number of rotatable bonds is 7. The molecule has 0 saturated carbocycles. The summed E-state index contributed by atoms with van der Waals surface area (Å²) in [7, 11) is 0. The first-order chi connectivity index (χ1) is 9.71. The van der Waals surface area contributed by atoms with Gasteiger partial charge < -0.3 is 14.0 Å². The average Bonchev–Trinajstić information content (AvgIpc) is 2.77. The van der Waals surface area contributed by atoms with Crippen LogP contribution in [0.5, 0.6) is 0 Å². The Labute approximate surface area is 124 Å². The van der Waals surface area contributed by atoms with Crippen molar-refractivity contribution in [3.63, 3.8) is 0 Å². The highest BCUT2D eigenvalue weighted by Gasteiger charge is 2.20. The fourth-order valence-electron chi connectivity index (χ4n) is 2.25. The van der Waals surface area contributed by atoms with E-state index in [-0.39, 0.29) is 0 Å². The van der Waals surface area contributed by atoms with Crippen LogP contribution in [0.1, 0.15) is 39.3 Å². The standard InChI is InChI=1S/C15H21ClN2O2/c1-4-9-18-13-10-11(16)7-8-12(13)17-14(18)15(19-5-2)20-6-3/h7-8,10,15H,4-6,9H2,1-3H3. The quantitative estimate of drug-likeness (QED) is 0.719. The van der Waals surface area contributed by atoms with Gasteiger partial charge in [-0.3, -0.25) is 0 Å². The summed E-state index contributed by atoms with van der Waals surface area (Å²) >= 11 is 6.10. The Morgan fingerprint density at radius 2 is 1.90 bits per heavy atom. The van der Waals surface area contributed by atoms with Gasteiger partial charge in [0, 0.05) is 24.8 Å². The summed E-state index contributed by atoms with van der Waals surface area (Å²) in [5, 5.41) is 0.714. The molecule has 1 aromatic heterocycles. The smallest absolute Gasteiger partial charge is 0.217 e. The van der Waals surface area contributed by atoms with Crippen molar-refractivity contribution in [2.75, 3.05) is 13.2 Å². The largest absolute Gasteiger partial charge is 0.346 e. The van der Waals surface area contributed by atoms with E-state index in [0.717, 1.165) is 29.8 Å². The van der Waals surface area contributed by atoms with Crippen LogP contribution in [0.4, 0.5) is 0 Å². The van der Waals surface area contributed by atoms with E-state index in [1.165, 1.54) is 0 Å². The van der Waals surface area contributed by atoms with E-state index < -0.39 is 6.29 Å². The topological polar surface area (TPSA) is 36.3 Å². The maximum absolute atomic E-state index is 6.10.